The van der Waals surface area contributed by atoms with E-state index in [4.69, 9.17) is 5.73 Å². The molecule has 4 rings (SSSR count). The van der Waals surface area contributed by atoms with Crippen LogP contribution in [0.3, 0.4) is 0 Å². The van der Waals surface area contributed by atoms with Gasteiger partial charge in [-0.15, -0.1) is 10.2 Å². The number of anilines is 1. The molecule has 1 aliphatic rings. The van der Waals surface area contributed by atoms with E-state index in [1.165, 1.54) is 0 Å². The minimum Gasteiger partial charge on any atom is -0.324 e. The molecule has 150 valence electrons. The average Bonchev–Trinajstić information content (AvgIpc) is 3.23. The molecule has 0 bridgehead atoms. The van der Waals surface area contributed by atoms with Gasteiger partial charge in [-0.2, -0.15) is 4.80 Å². The molecule has 0 saturated heterocycles. The number of nitrogens with zero attached hydrogens (tertiary/aromatic N) is 4. The molecule has 1 aromatic heterocycles. The zero-order chi connectivity index (χ0) is 20.1. The summed E-state index contributed by atoms with van der Waals surface area (Å²) in [6.45, 7) is 0.636. The molecule has 1 aliphatic carbocycles. The van der Waals surface area contributed by atoms with Gasteiger partial charge in [0.25, 0.3) is 0 Å². The van der Waals surface area contributed by atoms with E-state index in [-0.39, 0.29) is 5.91 Å². The zero-order valence-electron chi connectivity index (χ0n) is 16.4. The number of hydrogen-bond acceptors (Lipinski definition) is 5. The second-order valence-electron chi connectivity index (χ2n) is 7.69. The van der Waals surface area contributed by atoms with Gasteiger partial charge in [0, 0.05) is 11.3 Å². The first-order chi connectivity index (χ1) is 14.1. The molecule has 0 spiro atoms. The summed E-state index contributed by atoms with van der Waals surface area (Å²) in [7, 11) is 0. The van der Waals surface area contributed by atoms with Crippen LogP contribution in [0.5, 0.6) is 0 Å². The summed E-state index contributed by atoms with van der Waals surface area (Å²) in [6.07, 6.45) is 5.49. The molecule has 3 aromatic rings. The van der Waals surface area contributed by atoms with Crippen LogP contribution < -0.4 is 11.1 Å². The number of nitrogens with two attached hydrogens (primary N) is 1. The normalized spacial score (nSPS) is 15.8. The number of hydrogen-bond donors (Lipinski definition) is 2. The van der Waals surface area contributed by atoms with Gasteiger partial charge in [-0.1, -0.05) is 61.7 Å². The molecule has 0 unspecified atom stereocenters. The van der Waals surface area contributed by atoms with Crippen molar-refractivity contribution in [3.63, 3.8) is 0 Å². The molecule has 2 aromatic carbocycles. The van der Waals surface area contributed by atoms with E-state index in [1.54, 1.807) is 4.80 Å². The Balaban J connectivity index is 1.32. The van der Waals surface area contributed by atoms with Crippen LogP contribution in [0.25, 0.3) is 11.4 Å². The Bertz CT molecular complexity index is 945. The minimum atomic E-state index is -0.730. The number of amides is 1. The summed E-state index contributed by atoms with van der Waals surface area (Å²) in [5.74, 6) is 0.548. The highest BCUT2D eigenvalue weighted by Crippen LogP contribution is 2.27. The van der Waals surface area contributed by atoms with E-state index < -0.39 is 5.54 Å². The van der Waals surface area contributed by atoms with Crippen LogP contribution in [-0.4, -0.2) is 31.7 Å². The lowest BCUT2D eigenvalue weighted by Crippen LogP contribution is -2.52. The first-order valence-electron chi connectivity index (χ1n) is 10.1. The fourth-order valence-electron chi connectivity index (χ4n) is 3.69. The van der Waals surface area contributed by atoms with Crippen molar-refractivity contribution in [1.29, 1.82) is 0 Å². The monoisotopic (exact) mass is 390 g/mol. The van der Waals surface area contributed by atoms with Gasteiger partial charge in [-0.3, -0.25) is 4.79 Å². The Hall–Kier alpha value is -3.06. The molecule has 1 amide bonds. The fourth-order valence-corrected chi connectivity index (χ4v) is 3.69. The molecule has 1 fully saturated rings. The second kappa shape index (κ2) is 8.53. The molecule has 7 nitrogen and oxygen atoms in total. The van der Waals surface area contributed by atoms with Gasteiger partial charge in [-0.05, 0) is 42.2 Å². The lowest BCUT2D eigenvalue weighted by molar-refractivity contribution is -0.122. The average molecular weight is 390 g/mol. The largest absolute Gasteiger partial charge is 0.324 e. The van der Waals surface area contributed by atoms with Crippen molar-refractivity contribution in [3.05, 3.63) is 60.2 Å². The number of aromatic nitrogens is 4. The van der Waals surface area contributed by atoms with Gasteiger partial charge in [-0.25, -0.2) is 0 Å². The van der Waals surface area contributed by atoms with Crippen LogP contribution in [-0.2, 0) is 17.8 Å². The van der Waals surface area contributed by atoms with E-state index in [1.807, 2.05) is 54.6 Å². The second-order valence-corrected chi connectivity index (χ2v) is 7.69. The summed E-state index contributed by atoms with van der Waals surface area (Å²) >= 11 is 0. The van der Waals surface area contributed by atoms with Crippen molar-refractivity contribution in [3.8, 4) is 11.4 Å². The highest BCUT2D eigenvalue weighted by molar-refractivity contribution is 5.98. The van der Waals surface area contributed by atoms with Crippen LogP contribution in [0.1, 0.15) is 37.7 Å². The molecular formula is C22H26N6O. The van der Waals surface area contributed by atoms with E-state index in [2.05, 4.69) is 20.7 Å². The van der Waals surface area contributed by atoms with Gasteiger partial charge in [0.15, 0.2) is 0 Å². The number of aryl methyl sites for hydroxylation is 2. The number of rotatable bonds is 6. The molecule has 0 aliphatic heterocycles. The standard InChI is InChI=1S/C22H26N6O/c23-22(14-5-2-6-15-22)21(29)24-19-11-9-17(10-12-19)13-16-28-26-20(25-27-28)18-7-3-1-4-8-18/h1,3-4,7-12H,2,5-6,13-16,23H2,(H,24,29). The lowest BCUT2D eigenvalue weighted by Gasteiger charge is -2.31. The predicted octanol–water partition coefficient (Wildman–Crippen LogP) is 3.18. The Morgan fingerprint density at radius 3 is 2.48 bits per heavy atom. The van der Waals surface area contributed by atoms with Crippen molar-refractivity contribution < 1.29 is 4.79 Å². The SMILES string of the molecule is NC1(C(=O)Nc2ccc(CCn3nnc(-c4ccccc4)n3)cc2)CCCCC1. The zero-order valence-corrected chi connectivity index (χ0v) is 16.4. The Kier molecular flexibility index (Phi) is 5.67. The van der Waals surface area contributed by atoms with E-state index in [0.29, 0.717) is 12.4 Å². The summed E-state index contributed by atoms with van der Waals surface area (Å²) < 4.78 is 0. The highest BCUT2D eigenvalue weighted by atomic mass is 16.2. The van der Waals surface area contributed by atoms with Crippen LogP contribution >= 0.6 is 0 Å². The third kappa shape index (κ3) is 4.68. The van der Waals surface area contributed by atoms with Crippen molar-refractivity contribution >= 4 is 11.6 Å². The van der Waals surface area contributed by atoms with Crippen molar-refractivity contribution in [2.75, 3.05) is 5.32 Å². The van der Waals surface area contributed by atoms with Crippen molar-refractivity contribution in [2.24, 2.45) is 5.73 Å². The summed E-state index contributed by atoms with van der Waals surface area (Å²) in [5, 5.41) is 15.7. The third-order valence-corrected chi connectivity index (χ3v) is 5.50. The Morgan fingerprint density at radius 1 is 1.03 bits per heavy atom. The molecule has 0 radical (unpaired) electrons. The lowest BCUT2D eigenvalue weighted by atomic mass is 9.82. The number of nitrogens with one attached hydrogen (secondary N) is 1. The molecule has 0 atom stereocenters. The maximum absolute atomic E-state index is 12.5. The number of carbonyl (C=O) groups is 1. The molecule has 1 heterocycles. The first-order valence-corrected chi connectivity index (χ1v) is 10.1. The van der Waals surface area contributed by atoms with Crippen LogP contribution in [0.4, 0.5) is 5.69 Å². The molecule has 29 heavy (non-hydrogen) atoms. The van der Waals surface area contributed by atoms with Gasteiger partial charge in [0.2, 0.25) is 11.7 Å². The van der Waals surface area contributed by atoms with Crippen molar-refractivity contribution in [2.45, 2.75) is 50.6 Å². The topological polar surface area (TPSA) is 98.7 Å². The smallest absolute Gasteiger partial charge is 0.244 e. The summed E-state index contributed by atoms with van der Waals surface area (Å²) in [4.78, 5) is 14.2. The molecule has 7 heteroatoms. The first kappa shape index (κ1) is 19.3. The fraction of sp³-hybridized carbons (Fsp3) is 0.364. The predicted molar refractivity (Wildman–Crippen MR) is 112 cm³/mol. The summed E-state index contributed by atoms with van der Waals surface area (Å²) in [6, 6.07) is 17.7. The summed E-state index contributed by atoms with van der Waals surface area (Å²) in [5.41, 5.74) is 8.44. The maximum Gasteiger partial charge on any atom is 0.244 e. The number of tetrazole rings is 1. The Labute approximate surface area is 170 Å². The quantitative estimate of drug-likeness (QED) is 0.673. The molecular weight excluding hydrogens is 364 g/mol. The van der Waals surface area contributed by atoms with Crippen LogP contribution in [0.2, 0.25) is 0 Å². The van der Waals surface area contributed by atoms with Gasteiger partial charge in [0.1, 0.15) is 0 Å². The third-order valence-electron chi connectivity index (χ3n) is 5.50. The minimum absolute atomic E-state index is 0.0785. The van der Waals surface area contributed by atoms with Gasteiger partial charge < -0.3 is 11.1 Å². The number of carbonyl (C=O) groups excluding carboxylic acids is 1. The van der Waals surface area contributed by atoms with Gasteiger partial charge >= 0.3 is 0 Å². The van der Waals surface area contributed by atoms with Crippen LogP contribution in [0, 0.1) is 0 Å². The Morgan fingerprint density at radius 2 is 1.76 bits per heavy atom. The number of benzene rings is 2. The van der Waals surface area contributed by atoms with Crippen LogP contribution in [0.15, 0.2) is 54.6 Å². The maximum atomic E-state index is 12.5. The van der Waals surface area contributed by atoms with Crippen molar-refractivity contribution in [1.82, 2.24) is 20.2 Å². The molecule has 1 saturated carbocycles. The highest BCUT2D eigenvalue weighted by Gasteiger charge is 2.35. The molecule has 3 N–H and O–H groups in total. The van der Waals surface area contributed by atoms with E-state index in [9.17, 15) is 4.79 Å². The van der Waals surface area contributed by atoms with E-state index >= 15 is 0 Å². The van der Waals surface area contributed by atoms with E-state index in [0.717, 1.165) is 55.3 Å². The van der Waals surface area contributed by atoms with Gasteiger partial charge in [0.05, 0.1) is 12.1 Å².